The molecule has 0 saturated heterocycles. The molecule has 4 rings (SSSR count). The standard InChI is InChI=1S/C30H32ClNO6/c1-16(2)15-37-30(35)27-17(3)32-23-12-21(19-6-9-22(31)10-7-19)13-24(34)29(23)28(27)20-8-11-25(38-18(4)33)26(14-20)36-5/h6-11,14,16,21,28,32H,12-13,15H2,1-5H3. The zero-order valence-electron chi connectivity index (χ0n) is 22.2. The van der Waals surface area contributed by atoms with Gasteiger partial charge in [0, 0.05) is 41.3 Å². The minimum atomic E-state index is -0.662. The summed E-state index contributed by atoms with van der Waals surface area (Å²) in [4.78, 5) is 38.7. The predicted molar refractivity (Wildman–Crippen MR) is 144 cm³/mol. The van der Waals surface area contributed by atoms with E-state index in [0.717, 1.165) is 11.3 Å². The third-order valence-corrected chi connectivity index (χ3v) is 6.96. The van der Waals surface area contributed by atoms with Gasteiger partial charge in [-0.15, -0.1) is 0 Å². The monoisotopic (exact) mass is 537 g/mol. The lowest BCUT2D eigenvalue weighted by atomic mass is 9.71. The van der Waals surface area contributed by atoms with Crippen molar-refractivity contribution in [3.8, 4) is 11.5 Å². The Balaban J connectivity index is 1.80. The van der Waals surface area contributed by atoms with E-state index in [9.17, 15) is 14.4 Å². The zero-order chi connectivity index (χ0) is 27.6. The van der Waals surface area contributed by atoms with Gasteiger partial charge >= 0.3 is 11.9 Å². The van der Waals surface area contributed by atoms with Gasteiger partial charge in [-0.1, -0.05) is 43.6 Å². The summed E-state index contributed by atoms with van der Waals surface area (Å²) < 4.78 is 16.4. The van der Waals surface area contributed by atoms with E-state index in [1.807, 2.05) is 45.0 Å². The zero-order valence-corrected chi connectivity index (χ0v) is 23.0. The number of benzene rings is 2. The topological polar surface area (TPSA) is 90.9 Å². The molecule has 7 nitrogen and oxygen atoms in total. The molecule has 2 aromatic carbocycles. The number of carbonyl (C=O) groups excluding carboxylic acids is 3. The summed E-state index contributed by atoms with van der Waals surface area (Å²) in [6, 6.07) is 12.6. The molecular formula is C30H32ClNO6. The van der Waals surface area contributed by atoms with Crippen molar-refractivity contribution in [3.05, 3.63) is 81.2 Å². The number of rotatable bonds is 7. The normalized spacial score (nSPS) is 19.2. The highest BCUT2D eigenvalue weighted by Crippen LogP contribution is 2.47. The first-order chi connectivity index (χ1) is 18.1. The van der Waals surface area contributed by atoms with Crippen molar-refractivity contribution in [2.45, 2.75) is 52.4 Å². The van der Waals surface area contributed by atoms with E-state index in [1.54, 1.807) is 18.2 Å². The summed E-state index contributed by atoms with van der Waals surface area (Å²) in [7, 11) is 1.47. The fraction of sp³-hybridized carbons (Fsp3) is 0.367. The maximum atomic E-state index is 13.8. The van der Waals surface area contributed by atoms with Gasteiger partial charge in [-0.05, 0) is 60.6 Å². The first kappa shape index (κ1) is 27.5. The molecule has 0 saturated carbocycles. The number of methoxy groups -OCH3 is 1. The van der Waals surface area contributed by atoms with Gasteiger partial charge in [0.05, 0.1) is 19.3 Å². The molecule has 2 aromatic rings. The van der Waals surface area contributed by atoms with Crippen molar-refractivity contribution in [1.82, 2.24) is 5.32 Å². The van der Waals surface area contributed by atoms with Crippen molar-refractivity contribution >= 4 is 29.3 Å². The number of ether oxygens (including phenoxy) is 3. The van der Waals surface area contributed by atoms with Crippen molar-refractivity contribution in [2.75, 3.05) is 13.7 Å². The van der Waals surface area contributed by atoms with Crippen LogP contribution in [0.5, 0.6) is 11.5 Å². The van der Waals surface area contributed by atoms with Crippen molar-refractivity contribution in [1.29, 1.82) is 0 Å². The lowest BCUT2D eigenvalue weighted by Gasteiger charge is -2.37. The number of nitrogens with one attached hydrogen (secondary N) is 1. The van der Waals surface area contributed by atoms with Crippen LogP contribution in [0.25, 0.3) is 0 Å². The van der Waals surface area contributed by atoms with Crippen molar-refractivity contribution in [3.63, 3.8) is 0 Å². The van der Waals surface area contributed by atoms with Crippen LogP contribution in [0.3, 0.4) is 0 Å². The van der Waals surface area contributed by atoms with E-state index < -0.39 is 17.9 Å². The number of hydrogen-bond acceptors (Lipinski definition) is 7. The number of allylic oxidation sites excluding steroid dienone is 3. The Kier molecular flexibility index (Phi) is 8.26. The van der Waals surface area contributed by atoms with Crippen LogP contribution < -0.4 is 14.8 Å². The average Bonchev–Trinajstić information content (AvgIpc) is 2.86. The molecular weight excluding hydrogens is 506 g/mol. The van der Waals surface area contributed by atoms with Gasteiger partial charge in [0.15, 0.2) is 17.3 Å². The molecule has 1 heterocycles. The molecule has 0 bridgehead atoms. The third-order valence-electron chi connectivity index (χ3n) is 6.71. The van der Waals surface area contributed by atoms with E-state index in [0.29, 0.717) is 46.0 Å². The molecule has 1 N–H and O–H groups in total. The molecule has 2 atom stereocenters. The van der Waals surface area contributed by atoms with E-state index in [4.69, 9.17) is 25.8 Å². The fourth-order valence-corrected chi connectivity index (χ4v) is 5.16. The number of halogens is 1. The number of carbonyl (C=O) groups is 3. The molecule has 0 aromatic heterocycles. The van der Waals surface area contributed by atoms with Gasteiger partial charge < -0.3 is 19.5 Å². The van der Waals surface area contributed by atoms with Gasteiger partial charge in [0.2, 0.25) is 0 Å². The Labute approximate surface area is 227 Å². The van der Waals surface area contributed by atoms with Gasteiger partial charge in [-0.3, -0.25) is 9.59 Å². The second-order valence-corrected chi connectivity index (χ2v) is 10.5. The van der Waals surface area contributed by atoms with E-state index in [1.165, 1.54) is 14.0 Å². The van der Waals surface area contributed by atoms with E-state index in [2.05, 4.69) is 5.32 Å². The summed E-state index contributed by atoms with van der Waals surface area (Å²) in [6.07, 6.45) is 0.905. The quantitative estimate of drug-likeness (QED) is 0.351. The molecule has 2 unspecified atom stereocenters. The summed E-state index contributed by atoms with van der Waals surface area (Å²) in [6.45, 7) is 7.32. The predicted octanol–water partition coefficient (Wildman–Crippen LogP) is 5.83. The molecule has 2 aliphatic rings. The number of esters is 2. The highest BCUT2D eigenvalue weighted by atomic mass is 35.5. The Morgan fingerprint density at radius 3 is 2.37 bits per heavy atom. The van der Waals surface area contributed by atoms with Gasteiger partial charge in [-0.25, -0.2) is 4.79 Å². The van der Waals surface area contributed by atoms with Crippen molar-refractivity contribution in [2.24, 2.45) is 5.92 Å². The smallest absolute Gasteiger partial charge is 0.336 e. The lowest BCUT2D eigenvalue weighted by Crippen LogP contribution is -2.36. The molecule has 1 aliphatic carbocycles. The third kappa shape index (κ3) is 5.78. The molecule has 38 heavy (non-hydrogen) atoms. The van der Waals surface area contributed by atoms with Crippen LogP contribution in [-0.2, 0) is 19.1 Å². The summed E-state index contributed by atoms with van der Waals surface area (Å²) in [5.41, 5.74) is 4.04. The SMILES string of the molecule is COc1cc(C2C(C(=O)OCC(C)C)=C(C)NC3=C2C(=O)CC(c2ccc(Cl)cc2)C3)ccc1OC(C)=O. The number of dihydropyridines is 1. The Hall–Kier alpha value is -3.58. The molecule has 1 aliphatic heterocycles. The van der Waals surface area contributed by atoms with Gasteiger partial charge in [0.25, 0.3) is 0 Å². The van der Waals surface area contributed by atoms with Crippen LogP contribution in [0.15, 0.2) is 65.0 Å². The first-order valence-corrected chi connectivity index (χ1v) is 13.0. The van der Waals surface area contributed by atoms with E-state index >= 15 is 0 Å². The molecule has 0 spiro atoms. The van der Waals surface area contributed by atoms with Crippen LogP contribution in [-0.4, -0.2) is 31.4 Å². The minimum Gasteiger partial charge on any atom is -0.493 e. The highest BCUT2D eigenvalue weighted by Gasteiger charge is 2.41. The molecule has 0 amide bonds. The Morgan fingerprint density at radius 2 is 1.74 bits per heavy atom. The van der Waals surface area contributed by atoms with E-state index in [-0.39, 0.29) is 30.0 Å². The number of Topliss-reactive ketones (excluding diaryl/α,β-unsaturated/α-hetero) is 1. The number of hydrogen-bond donors (Lipinski definition) is 1. The first-order valence-electron chi connectivity index (χ1n) is 12.6. The van der Waals surface area contributed by atoms with Gasteiger partial charge in [0.1, 0.15) is 0 Å². The van der Waals surface area contributed by atoms with Crippen LogP contribution in [0.4, 0.5) is 0 Å². The van der Waals surface area contributed by atoms with Gasteiger partial charge in [-0.2, -0.15) is 0 Å². The second-order valence-electron chi connectivity index (χ2n) is 10.1. The maximum Gasteiger partial charge on any atom is 0.336 e. The van der Waals surface area contributed by atoms with Crippen LogP contribution in [0.2, 0.25) is 5.02 Å². The van der Waals surface area contributed by atoms with Crippen LogP contribution in [0, 0.1) is 5.92 Å². The molecule has 200 valence electrons. The largest absolute Gasteiger partial charge is 0.493 e. The molecule has 8 heteroatoms. The van der Waals surface area contributed by atoms with Crippen LogP contribution in [0.1, 0.15) is 63.5 Å². The Bertz CT molecular complexity index is 1320. The average molecular weight is 538 g/mol. The Morgan fingerprint density at radius 1 is 1.05 bits per heavy atom. The maximum absolute atomic E-state index is 13.8. The highest BCUT2D eigenvalue weighted by molar-refractivity contribution is 6.30. The summed E-state index contributed by atoms with van der Waals surface area (Å²) in [5.74, 6) is -0.942. The summed E-state index contributed by atoms with van der Waals surface area (Å²) in [5, 5.41) is 4.00. The lowest BCUT2D eigenvalue weighted by molar-refractivity contribution is -0.140. The molecule has 0 fully saturated rings. The second kappa shape index (κ2) is 11.4. The van der Waals surface area contributed by atoms with Crippen molar-refractivity contribution < 1.29 is 28.6 Å². The summed E-state index contributed by atoms with van der Waals surface area (Å²) >= 11 is 6.07. The van der Waals surface area contributed by atoms with Crippen LogP contribution >= 0.6 is 11.6 Å². The molecule has 0 radical (unpaired) electrons. The fourth-order valence-electron chi connectivity index (χ4n) is 5.04. The number of ketones is 1. The minimum absolute atomic E-state index is 0.0187.